The van der Waals surface area contributed by atoms with E-state index in [1.54, 1.807) is 7.05 Å². The largest absolute Gasteiger partial charge is 0.329 e. The van der Waals surface area contributed by atoms with Crippen LogP contribution in [0.5, 0.6) is 0 Å². The predicted octanol–water partition coefficient (Wildman–Crippen LogP) is -0.538. The van der Waals surface area contributed by atoms with Gasteiger partial charge in [0.25, 0.3) is 10.2 Å². The molecule has 0 heterocycles. The summed E-state index contributed by atoms with van der Waals surface area (Å²) in [5, 5.41) is 0. The van der Waals surface area contributed by atoms with Crippen LogP contribution in [0.4, 0.5) is 0 Å². The average Bonchev–Trinajstić information content (AvgIpc) is 2.89. The molecular weight excluding hydrogens is 202 g/mol. The highest BCUT2D eigenvalue weighted by Crippen LogP contribution is 2.35. The van der Waals surface area contributed by atoms with Crippen LogP contribution in [0.3, 0.4) is 0 Å². The lowest BCUT2D eigenvalue weighted by Crippen LogP contribution is -2.47. The predicted molar refractivity (Wildman–Crippen MR) is 55.9 cm³/mol. The average molecular weight is 221 g/mol. The summed E-state index contributed by atoms with van der Waals surface area (Å²) in [6, 6.07) is -0.0394. The lowest BCUT2D eigenvalue weighted by Gasteiger charge is -2.28. The van der Waals surface area contributed by atoms with E-state index in [9.17, 15) is 8.42 Å². The molecule has 0 bridgehead atoms. The molecule has 0 amide bonds. The van der Waals surface area contributed by atoms with Crippen LogP contribution in [0, 0.1) is 5.92 Å². The maximum Gasteiger partial charge on any atom is 0.281 e. The summed E-state index contributed by atoms with van der Waals surface area (Å²) >= 11 is 0. The number of nitrogens with zero attached hydrogens (tertiary/aromatic N) is 2. The van der Waals surface area contributed by atoms with Gasteiger partial charge in [-0.1, -0.05) is 0 Å². The molecule has 2 N–H and O–H groups in total. The highest BCUT2D eigenvalue weighted by molar-refractivity contribution is 7.86. The van der Waals surface area contributed by atoms with E-state index in [2.05, 4.69) is 0 Å². The number of hydrogen-bond donors (Lipinski definition) is 1. The van der Waals surface area contributed by atoms with Crippen molar-refractivity contribution >= 4 is 10.2 Å². The maximum absolute atomic E-state index is 11.8. The first-order chi connectivity index (χ1) is 6.41. The Morgan fingerprint density at radius 1 is 1.36 bits per heavy atom. The highest BCUT2D eigenvalue weighted by Gasteiger charge is 2.38. The van der Waals surface area contributed by atoms with Gasteiger partial charge < -0.3 is 5.73 Å². The van der Waals surface area contributed by atoms with Gasteiger partial charge in [0.15, 0.2) is 0 Å². The van der Waals surface area contributed by atoms with Crippen molar-refractivity contribution in [1.82, 2.24) is 8.61 Å². The van der Waals surface area contributed by atoms with Crippen LogP contribution >= 0.6 is 0 Å². The molecule has 1 unspecified atom stereocenters. The van der Waals surface area contributed by atoms with Crippen molar-refractivity contribution in [3.05, 3.63) is 0 Å². The van der Waals surface area contributed by atoms with E-state index in [1.807, 2.05) is 0 Å². The quantitative estimate of drug-likeness (QED) is 0.678. The fraction of sp³-hybridized carbons (Fsp3) is 1.00. The minimum atomic E-state index is -3.31. The van der Waals surface area contributed by atoms with Gasteiger partial charge in [-0.05, 0) is 18.8 Å². The van der Waals surface area contributed by atoms with Gasteiger partial charge in [-0.3, -0.25) is 0 Å². The van der Waals surface area contributed by atoms with E-state index in [-0.39, 0.29) is 6.04 Å². The van der Waals surface area contributed by atoms with Crippen molar-refractivity contribution in [1.29, 1.82) is 0 Å². The minimum absolute atomic E-state index is 0.0394. The van der Waals surface area contributed by atoms with E-state index in [0.29, 0.717) is 12.5 Å². The topological polar surface area (TPSA) is 66.6 Å². The monoisotopic (exact) mass is 221 g/mol. The summed E-state index contributed by atoms with van der Waals surface area (Å²) in [4.78, 5) is 0. The number of rotatable bonds is 5. The Morgan fingerprint density at radius 3 is 2.14 bits per heavy atom. The van der Waals surface area contributed by atoms with Crippen molar-refractivity contribution in [2.24, 2.45) is 11.7 Å². The van der Waals surface area contributed by atoms with Crippen molar-refractivity contribution in [3.8, 4) is 0 Å². The Balaban J connectivity index is 2.75. The molecule has 1 rings (SSSR count). The summed E-state index contributed by atoms with van der Waals surface area (Å²) in [6.07, 6.45) is 2.18. The molecule has 6 heteroatoms. The van der Waals surface area contributed by atoms with Gasteiger partial charge in [0.2, 0.25) is 0 Å². The molecule has 5 nitrogen and oxygen atoms in total. The molecule has 84 valence electrons. The van der Waals surface area contributed by atoms with Crippen LogP contribution in [0.2, 0.25) is 0 Å². The van der Waals surface area contributed by atoms with Crippen LogP contribution < -0.4 is 5.73 Å². The molecule has 14 heavy (non-hydrogen) atoms. The van der Waals surface area contributed by atoms with Gasteiger partial charge in [-0.2, -0.15) is 17.0 Å². The summed E-state index contributed by atoms with van der Waals surface area (Å²) in [6.45, 7) is 0.397. The molecule has 1 atom stereocenters. The van der Waals surface area contributed by atoms with Crippen LogP contribution in [-0.4, -0.2) is 50.8 Å². The molecule has 0 aromatic heterocycles. The van der Waals surface area contributed by atoms with Crippen LogP contribution in [0.25, 0.3) is 0 Å². The third kappa shape index (κ3) is 2.25. The molecule has 0 aromatic carbocycles. The molecule has 1 aliphatic rings. The van der Waals surface area contributed by atoms with E-state index < -0.39 is 10.2 Å². The number of hydrogen-bond acceptors (Lipinski definition) is 3. The van der Waals surface area contributed by atoms with Gasteiger partial charge in [0, 0.05) is 33.7 Å². The molecular formula is C8H19N3O2S. The van der Waals surface area contributed by atoms with Crippen molar-refractivity contribution in [3.63, 3.8) is 0 Å². The van der Waals surface area contributed by atoms with Gasteiger partial charge in [0.1, 0.15) is 0 Å². The molecule has 1 saturated carbocycles. The summed E-state index contributed by atoms with van der Waals surface area (Å²) < 4.78 is 26.1. The van der Waals surface area contributed by atoms with Crippen LogP contribution in [0.1, 0.15) is 12.8 Å². The fourth-order valence-corrected chi connectivity index (χ4v) is 2.66. The fourth-order valence-electron chi connectivity index (χ4n) is 1.55. The second kappa shape index (κ2) is 4.14. The normalized spacial score (nSPS) is 20.4. The third-order valence-electron chi connectivity index (χ3n) is 2.70. The van der Waals surface area contributed by atoms with E-state index in [4.69, 9.17) is 5.73 Å². The Morgan fingerprint density at radius 2 is 1.86 bits per heavy atom. The number of nitrogens with two attached hydrogens (primary N) is 1. The molecule has 0 aromatic rings. The molecule has 0 radical (unpaired) electrons. The number of likely N-dealkylation sites (N-methyl/N-ethyl adjacent to an activating group) is 1. The summed E-state index contributed by atoms with van der Waals surface area (Å²) in [5.41, 5.74) is 5.59. The molecule has 0 aliphatic heterocycles. The third-order valence-corrected chi connectivity index (χ3v) is 4.62. The SMILES string of the molecule is CN(C)S(=O)(=O)N(C)C(CN)C1CC1. The lowest BCUT2D eigenvalue weighted by atomic mass is 10.2. The van der Waals surface area contributed by atoms with Gasteiger partial charge in [0.05, 0.1) is 0 Å². The van der Waals surface area contributed by atoms with Crippen molar-refractivity contribution in [2.45, 2.75) is 18.9 Å². The van der Waals surface area contributed by atoms with Crippen molar-refractivity contribution in [2.75, 3.05) is 27.7 Å². The zero-order chi connectivity index (χ0) is 10.9. The first-order valence-corrected chi connectivity index (χ1v) is 6.16. The van der Waals surface area contributed by atoms with Gasteiger partial charge >= 0.3 is 0 Å². The Bertz CT molecular complexity index is 285. The van der Waals surface area contributed by atoms with Crippen LogP contribution in [-0.2, 0) is 10.2 Å². The minimum Gasteiger partial charge on any atom is -0.329 e. The second-order valence-corrected chi connectivity index (χ2v) is 6.15. The second-order valence-electron chi connectivity index (χ2n) is 3.95. The zero-order valence-corrected chi connectivity index (χ0v) is 9.79. The molecule has 1 fully saturated rings. The van der Waals surface area contributed by atoms with Crippen molar-refractivity contribution < 1.29 is 8.42 Å². The summed E-state index contributed by atoms with van der Waals surface area (Å²) in [5.74, 6) is 0.458. The molecule has 0 saturated heterocycles. The Kier molecular flexibility index (Phi) is 3.52. The smallest absolute Gasteiger partial charge is 0.281 e. The zero-order valence-electron chi connectivity index (χ0n) is 8.97. The first kappa shape index (κ1) is 11.9. The Hall–Kier alpha value is -0.170. The first-order valence-electron chi connectivity index (χ1n) is 4.76. The van der Waals surface area contributed by atoms with E-state index in [1.165, 1.54) is 22.7 Å². The van der Waals surface area contributed by atoms with E-state index in [0.717, 1.165) is 12.8 Å². The van der Waals surface area contributed by atoms with Gasteiger partial charge in [-0.25, -0.2) is 0 Å². The molecule has 1 aliphatic carbocycles. The molecule has 0 spiro atoms. The summed E-state index contributed by atoms with van der Waals surface area (Å²) in [7, 11) is 1.36. The highest BCUT2D eigenvalue weighted by atomic mass is 32.2. The Labute approximate surface area is 86.0 Å². The standard InChI is InChI=1S/C8H19N3O2S/c1-10(2)14(12,13)11(3)8(6-9)7-4-5-7/h7-8H,4-6,9H2,1-3H3. The van der Waals surface area contributed by atoms with Gasteiger partial charge in [-0.15, -0.1) is 0 Å². The maximum atomic E-state index is 11.8. The lowest BCUT2D eigenvalue weighted by molar-refractivity contribution is 0.319. The van der Waals surface area contributed by atoms with E-state index >= 15 is 0 Å². The van der Waals surface area contributed by atoms with Crippen LogP contribution in [0.15, 0.2) is 0 Å².